The molecule has 1 heterocycles. The summed E-state index contributed by atoms with van der Waals surface area (Å²) in [5, 5.41) is 8.72. The lowest BCUT2D eigenvalue weighted by Crippen LogP contribution is -2.44. The first kappa shape index (κ1) is 14.9. The normalized spacial score (nSPS) is 19.3. The third kappa shape index (κ3) is 6.56. The molecule has 0 aliphatic carbocycles. The molecule has 1 aliphatic heterocycles. The first-order chi connectivity index (χ1) is 8.72. The van der Waals surface area contributed by atoms with Crippen LogP contribution in [0.5, 0.6) is 0 Å². The Morgan fingerprint density at radius 3 is 2.72 bits per heavy atom. The molecule has 6 nitrogen and oxygen atoms in total. The maximum absolute atomic E-state index is 11.6. The fourth-order valence-electron chi connectivity index (χ4n) is 1.72. The van der Waals surface area contributed by atoms with Crippen molar-refractivity contribution in [2.45, 2.75) is 32.2 Å². The van der Waals surface area contributed by atoms with Gasteiger partial charge in [-0.25, -0.2) is 0 Å². The highest BCUT2D eigenvalue weighted by molar-refractivity contribution is 5.79. The lowest BCUT2D eigenvalue weighted by atomic mass is 10.2. The summed E-state index contributed by atoms with van der Waals surface area (Å²) < 4.78 is 5.26. The van der Waals surface area contributed by atoms with Crippen molar-refractivity contribution in [1.29, 1.82) is 0 Å². The van der Waals surface area contributed by atoms with Crippen LogP contribution in [0.4, 0.5) is 0 Å². The highest BCUT2D eigenvalue weighted by Crippen LogP contribution is 1.98. The Morgan fingerprint density at radius 1 is 1.28 bits per heavy atom. The second kappa shape index (κ2) is 8.88. The van der Waals surface area contributed by atoms with Crippen LogP contribution < -0.4 is 16.0 Å². The van der Waals surface area contributed by atoms with Gasteiger partial charge in [0, 0.05) is 38.5 Å². The predicted molar refractivity (Wildman–Crippen MR) is 68.2 cm³/mol. The summed E-state index contributed by atoms with van der Waals surface area (Å²) in [6, 6.07) is 0.0904. The largest absolute Gasteiger partial charge is 0.378 e. The molecule has 1 rings (SSSR count). The number of morpholine rings is 1. The third-order valence-corrected chi connectivity index (χ3v) is 2.68. The van der Waals surface area contributed by atoms with Crippen LogP contribution in [0, 0.1) is 0 Å². The molecule has 0 aromatic rings. The van der Waals surface area contributed by atoms with Gasteiger partial charge < -0.3 is 20.7 Å². The maximum atomic E-state index is 11.6. The Labute approximate surface area is 108 Å². The summed E-state index contributed by atoms with van der Waals surface area (Å²) in [5.41, 5.74) is 0. The van der Waals surface area contributed by atoms with Crippen LogP contribution in [0.2, 0.25) is 0 Å². The van der Waals surface area contributed by atoms with Crippen LogP contribution in [0.15, 0.2) is 0 Å². The number of amides is 2. The van der Waals surface area contributed by atoms with E-state index in [0.717, 1.165) is 13.0 Å². The van der Waals surface area contributed by atoms with Gasteiger partial charge in [-0.2, -0.15) is 0 Å². The zero-order chi connectivity index (χ0) is 13.2. The number of rotatable bonds is 7. The smallest absolute Gasteiger partial charge is 0.221 e. The second-order valence-corrected chi connectivity index (χ2v) is 4.38. The van der Waals surface area contributed by atoms with E-state index in [1.165, 1.54) is 0 Å². The standard InChI is InChI=1S/C12H23N3O3/c1-2-4-14-11(16)3-5-15-12(17)8-10-9-18-7-6-13-10/h10,13H,2-9H2,1H3,(H,14,16)(H,15,17). The zero-order valence-corrected chi connectivity index (χ0v) is 11.0. The minimum atomic E-state index is -0.0405. The van der Waals surface area contributed by atoms with Gasteiger partial charge >= 0.3 is 0 Å². The van der Waals surface area contributed by atoms with Crippen LogP contribution in [-0.4, -0.2) is 50.7 Å². The Kier molecular flexibility index (Phi) is 7.36. The summed E-state index contributed by atoms with van der Waals surface area (Å²) in [7, 11) is 0. The Hall–Kier alpha value is -1.14. The molecule has 1 unspecified atom stereocenters. The van der Waals surface area contributed by atoms with E-state index in [2.05, 4.69) is 16.0 Å². The van der Waals surface area contributed by atoms with Crippen molar-refractivity contribution in [1.82, 2.24) is 16.0 Å². The molecule has 0 radical (unpaired) electrons. The first-order valence-corrected chi connectivity index (χ1v) is 6.57. The SMILES string of the molecule is CCCNC(=O)CCNC(=O)CC1COCCN1. The molecule has 1 atom stereocenters. The first-order valence-electron chi connectivity index (χ1n) is 6.57. The summed E-state index contributed by atoms with van der Waals surface area (Å²) in [6.07, 6.45) is 1.66. The molecular formula is C12H23N3O3. The third-order valence-electron chi connectivity index (χ3n) is 2.68. The number of carbonyl (C=O) groups is 2. The van der Waals surface area contributed by atoms with Gasteiger partial charge in [0.05, 0.1) is 13.2 Å². The van der Waals surface area contributed by atoms with Crippen molar-refractivity contribution in [2.75, 3.05) is 32.8 Å². The summed E-state index contributed by atoms with van der Waals surface area (Å²) in [6.45, 7) is 5.15. The molecule has 3 N–H and O–H groups in total. The molecule has 0 aromatic carbocycles. The van der Waals surface area contributed by atoms with Gasteiger partial charge in [0.15, 0.2) is 0 Å². The molecule has 1 aliphatic rings. The number of hydrogen-bond donors (Lipinski definition) is 3. The van der Waals surface area contributed by atoms with Crippen LogP contribution in [0.1, 0.15) is 26.2 Å². The maximum Gasteiger partial charge on any atom is 0.221 e. The average Bonchev–Trinajstić information content (AvgIpc) is 2.37. The van der Waals surface area contributed by atoms with Gasteiger partial charge in [-0.3, -0.25) is 9.59 Å². The Morgan fingerprint density at radius 2 is 2.06 bits per heavy atom. The molecule has 0 saturated carbocycles. The van der Waals surface area contributed by atoms with Crippen LogP contribution >= 0.6 is 0 Å². The minimum Gasteiger partial charge on any atom is -0.378 e. The van der Waals surface area contributed by atoms with Crippen molar-refractivity contribution in [3.63, 3.8) is 0 Å². The Balaban J connectivity index is 2.04. The van der Waals surface area contributed by atoms with E-state index in [1.807, 2.05) is 6.92 Å². The van der Waals surface area contributed by atoms with Crippen LogP contribution in [0.25, 0.3) is 0 Å². The second-order valence-electron chi connectivity index (χ2n) is 4.38. The van der Waals surface area contributed by atoms with E-state index < -0.39 is 0 Å². The van der Waals surface area contributed by atoms with Crippen LogP contribution in [0.3, 0.4) is 0 Å². The van der Waals surface area contributed by atoms with Gasteiger partial charge in [-0.05, 0) is 6.42 Å². The quantitative estimate of drug-likeness (QED) is 0.569. The highest BCUT2D eigenvalue weighted by atomic mass is 16.5. The summed E-state index contributed by atoms with van der Waals surface area (Å²) >= 11 is 0. The molecule has 2 amide bonds. The molecule has 1 fully saturated rings. The van der Waals surface area contributed by atoms with E-state index in [-0.39, 0.29) is 17.9 Å². The fraction of sp³-hybridized carbons (Fsp3) is 0.833. The topological polar surface area (TPSA) is 79.5 Å². The summed E-state index contributed by atoms with van der Waals surface area (Å²) in [5.74, 6) is -0.0578. The molecule has 0 aromatic heterocycles. The van der Waals surface area contributed by atoms with Crippen molar-refractivity contribution in [2.24, 2.45) is 0 Å². The number of hydrogen-bond acceptors (Lipinski definition) is 4. The van der Waals surface area contributed by atoms with Gasteiger partial charge in [-0.15, -0.1) is 0 Å². The molecule has 104 valence electrons. The summed E-state index contributed by atoms with van der Waals surface area (Å²) in [4.78, 5) is 22.8. The van der Waals surface area contributed by atoms with Crippen molar-refractivity contribution >= 4 is 11.8 Å². The fourth-order valence-corrected chi connectivity index (χ4v) is 1.72. The number of nitrogens with one attached hydrogen (secondary N) is 3. The van der Waals surface area contributed by atoms with Crippen molar-refractivity contribution in [3.8, 4) is 0 Å². The molecule has 0 spiro atoms. The lowest BCUT2D eigenvalue weighted by Gasteiger charge is -2.23. The minimum absolute atomic E-state index is 0.0173. The van der Waals surface area contributed by atoms with E-state index in [9.17, 15) is 9.59 Å². The van der Waals surface area contributed by atoms with Gasteiger partial charge in [0.25, 0.3) is 0 Å². The molecule has 6 heteroatoms. The predicted octanol–water partition coefficient (Wildman–Crippen LogP) is -0.603. The van der Waals surface area contributed by atoms with E-state index in [0.29, 0.717) is 39.1 Å². The molecule has 0 bridgehead atoms. The zero-order valence-electron chi connectivity index (χ0n) is 11.0. The molecule has 1 saturated heterocycles. The van der Waals surface area contributed by atoms with E-state index in [4.69, 9.17) is 4.74 Å². The van der Waals surface area contributed by atoms with Crippen molar-refractivity contribution < 1.29 is 14.3 Å². The van der Waals surface area contributed by atoms with Crippen molar-refractivity contribution in [3.05, 3.63) is 0 Å². The highest BCUT2D eigenvalue weighted by Gasteiger charge is 2.16. The van der Waals surface area contributed by atoms with E-state index >= 15 is 0 Å². The molecular weight excluding hydrogens is 234 g/mol. The van der Waals surface area contributed by atoms with Gasteiger partial charge in [0.1, 0.15) is 0 Å². The lowest BCUT2D eigenvalue weighted by molar-refractivity contribution is -0.123. The van der Waals surface area contributed by atoms with Gasteiger partial charge in [0.2, 0.25) is 11.8 Å². The number of ether oxygens (including phenoxy) is 1. The number of carbonyl (C=O) groups excluding carboxylic acids is 2. The monoisotopic (exact) mass is 257 g/mol. The van der Waals surface area contributed by atoms with Gasteiger partial charge in [-0.1, -0.05) is 6.92 Å². The Bertz CT molecular complexity index is 265. The molecule has 18 heavy (non-hydrogen) atoms. The average molecular weight is 257 g/mol. The van der Waals surface area contributed by atoms with Crippen LogP contribution in [-0.2, 0) is 14.3 Å². The van der Waals surface area contributed by atoms with E-state index in [1.54, 1.807) is 0 Å².